The minimum absolute atomic E-state index is 0.291. The molecule has 0 saturated heterocycles. The SMILES string of the molecule is Cc1cc(C(O)c2ccc(F)c(F)c2F)ccc1Br. The third-order valence-corrected chi connectivity index (χ3v) is 3.75. The van der Waals surface area contributed by atoms with Crippen LogP contribution in [0.4, 0.5) is 13.2 Å². The molecule has 5 heteroatoms. The minimum atomic E-state index is -1.58. The Balaban J connectivity index is 2.47. The van der Waals surface area contributed by atoms with Crippen molar-refractivity contribution in [2.75, 3.05) is 0 Å². The lowest BCUT2D eigenvalue weighted by Gasteiger charge is -2.14. The molecule has 0 aromatic heterocycles. The number of hydrogen-bond donors (Lipinski definition) is 1. The highest BCUT2D eigenvalue weighted by molar-refractivity contribution is 9.10. The van der Waals surface area contributed by atoms with E-state index >= 15 is 0 Å². The highest BCUT2D eigenvalue weighted by Gasteiger charge is 2.20. The maximum atomic E-state index is 13.6. The molecule has 0 radical (unpaired) electrons. The molecule has 1 unspecified atom stereocenters. The Hall–Kier alpha value is -1.33. The van der Waals surface area contributed by atoms with Gasteiger partial charge in [0.05, 0.1) is 0 Å². The summed E-state index contributed by atoms with van der Waals surface area (Å²) in [4.78, 5) is 0. The minimum Gasteiger partial charge on any atom is -0.384 e. The largest absolute Gasteiger partial charge is 0.384 e. The molecule has 0 bridgehead atoms. The molecule has 100 valence electrons. The maximum Gasteiger partial charge on any atom is 0.194 e. The summed E-state index contributed by atoms with van der Waals surface area (Å²) in [7, 11) is 0. The Morgan fingerprint density at radius 2 is 1.74 bits per heavy atom. The molecule has 0 aliphatic carbocycles. The summed E-state index contributed by atoms with van der Waals surface area (Å²) in [6.45, 7) is 1.81. The molecule has 1 nitrogen and oxygen atoms in total. The molecule has 2 aromatic carbocycles. The van der Waals surface area contributed by atoms with Crippen LogP contribution in [0, 0.1) is 24.4 Å². The molecule has 2 aromatic rings. The molecule has 0 saturated carbocycles. The third kappa shape index (κ3) is 2.67. The fourth-order valence-corrected chi connectivity index (χ4v) is 2.02. The highest BCUT2D eigenvalue weighted by atomic mass is 79.9. The van der Waals surface area contributed by atoms with E-state index in [9.17, 15) is 18.3 Å². The van der Waals surface area contributed by atoms with Crippen LogP contribution in [0.15, 0.2) is 34.8 Å². The summed E-state index contributed by atoms with van der Waals surface area (Å²) >= 11 is 3.31. The molecule has 0 amide bonds. The second-order valence-electron chi connectivity index (χ2n) is 4.18. The Morgan fingerprint density at radius 1 is 1.05 bits per heavy atom. The van der Waals surface area contributed by atoms with Crippen molar-refractivity contribution in [2.45, 2.75) is 13.0 Å². The summed E-state index contributed by atoms with van der Waals surface area (Å²) in [5.41, 5.74) is 0.964. The predicted molar refractivity (Wildman–Crippen MR) is 69.3 cm³/mol. The lowest BCUT2D eigenvalue weighted by Crippen LogP contribution is -2.06. The second kappa shape index (κ2) is 5.35. The lowest BCUT2D eigenvalue weighted by atomic mass is 9.99. The zero-order chi connectivity index (χ0) is 14.2. The zero-order valence-electron chi connectivity index (χ0n) is 9.92. The average Bonchev–Trinajstić information content (AvgIpc) is 2.39. The Labute approximate surface area is 116 Å². The van der Waals surface area contributed by atoms with Crippen molar-refractivity contribution in [3.63, 3.8) is 0 Å². The van der Waals surface area contributed by atoms with E-state index in [4.69, 9.17) is 0 Å². The summed E-state index contributed by atoms with van der Waals surface area (Å²) < 4.78 is 40.4. The van der Waals surface area contributed by atoms with E-state index in [1.807, 2.05) is 6.92 Å². The van der Waals surface area contributed by atoms with Gasteiger partial charge in [0.1, 0.15) is 6.10 Å². The first-order valence-electron chi connectivity index (χ1n) is 5.49. The summed E-state index contributed by atoms with van der Waals surface area (Å²) in [6.07, 6.45) is -1.35. The molecule has 1 atom stereocenters. The molecule has 19 heavy (non-hydrogen) atoms. The van der Waals surface area contributed by atoms with Crippen LogP contribution in [-0.4, -0.2) is 5.11 Å². The molecule has 2 rings (SSSR count). The van der Waals surface area contributed by atoms with Crippen molar-refractivity contribution in [2.24, 2.45) is 0 Å². The Morgan fingerprint density at radius 3 is 2.37 bits per heavy atom. The van der Waals surface area contributed by atoms with Gasteiger partial charge in [-0.3, -0.25) is 0 Å². The number of benzene rings is 2. The van der Waals surface area contributed by atoms with Gasteiger partial charge in [-0.1, -0.05) is 34.1 Å². The van der Waals surface area contributed by atoms with Gasteiger partial charge in [-0.25, -0.2) is 13.2 Å². The van der Waals surface area contributed by atoms with Crippen LogP contribution in [0.5, 0.6) is 0 Å². The molecule has 1 N–H and O–H groups in total. The van der Waals surface area contributed by atoms with Gasteiger partial charge in [0.2, 0.25) is 0 Å². The van der Waals surface area contributed by atoms with Crippen LogP contribution in [0.3, 0.4) is 0 Å². The van der Waals surface area contributed by atoms with Gasteiger partial charge in [-0.05, 0) is 30.2 Å². The number of aliphatic hydroxyl groups excluding tert-OH is 1. The maximum absolute atomic E-state index is 13.6. The summed E-state index contributed by atoms with van der Waals surface area (Å²) in [6, 6.07) is 6.77. The Bertz CT molecular complexity index is 628. The van der Waals surface area contributed by atoms with Crippen LogP contribution in [0.1, 0.15) is 22.8 Å². The van der Waals surface area contributed by atoms with E-state index in [1.54, 1.807) is 18.2 Å². The van der Waals surface area contributed by atoms with E-state index in [0.717, 1.165) is 22.2 Å². The number of rotatable bonds is 2. The molecular formula is C14H10BrF3O. The molecule has 0 fully saturated rings. The first kappa shape index (κ1) is 14.1. The number of halogens is 4. The predicted octanol–water partition coefficient (Wildman–Crippen LogP) is 4.26. The van der Waals surface area contributed by atoms with Crippen molar-refractivity contribution in [3.8, 4) is 0 Å². The highest BCUT2D eigenvalue weighted by Crippen LogP contribution is 2.29. The van der Waals surface area contributed by atoms with E-state index in [0.29, 0.717) is 5.56 Å². The molecule has 0 aliphatic rings. The van der Waals surface area contributed by atoms with Crippen LogP contribution >= 0.6 is 15.9 Å². The summed E-state index contributed by atoms with van der Waals surface area (Å²) in [5.74, 6) is -4.22. The first-order chi connectivity index (χ1) is 8.91. The first-order valence-corrected chi connectivity index (χ1v) is 6.28. The smallest absolute Gasteiger partial charge is 0.194 e. The van der Waals surface area contributed by atoms with E-state index in [2.05, 4.69) is 15.9 Å². The van der Waals surface area contributed by atoms with Crippen molar-refractivity contribution in [1.29, 1.82) is 0 Å². The van der Waals surface area contributed by atoms with Crippen LogP contribution < -0.4 is 0 Å². The van der Waals surface area contributed by atoms with Crippen molar-refractivity contribution in [3.05, 3.63) is 68.9 Å². The monoisotopic (exact) mass is 330 g/mol. The van der Waals surface area contributed by atoms with E-state index in [1.165, 1.54) is 0 Å². The quantitative estimate of drug-likeness (QED) is 0.816. The van der Waals surface area contributed by atoms with Gasteiger partial charge in [0.15, 0.2) is 17.5 Å². The van der Waals surface area contributed by atoms with Crippen molar-refractivity contribution >= 4 is 15.9 Å². The third-order valence-electron chi connectivity index (χ3n) is 2.86. The van der Waals surface area contributed by atoms with Gasteiger partial charge >= 0.3 is 0 Å². The van der Waals surface area contributed by atoms with Gasteiger partial charge < -0.3 is 5.11 Å². The fraction of sp³-hybridized carbons (Fsp3) is 0.143. The van der Waals surface area contributed by atoms with E-state index < -0.39 is 23.6 Å². The van der Waals surface area contributed by atoms with Crippen LogP contribution in [0.25, 0.3) is 0 Å². The normalized spacial score (nSPS) is 12.5. The van der Waals surface area contributed by atoms with Gasteiger partial charge in [-0.2, -0.15) is 0 Å². The van der Waals surface area contributed by atoms with Crippen LogP contribution in [0.2, 0.25) is 0 Å². The van der Waals surface area contributed by atoms with Gasteiger partial charge in [0, 0.05) is 10.0 Å². The molecule has 0 aliphatic heterocycles. The van der Waals surface area contributed by atoms with Gasteiger partial charge in [-0.15, -0.1) is 0 Å². The average molecular weight is 331 g/mol. The van der Waals surface area contributed by atoms with Crippen molar-refractivity contribution in [1.82, 2.24) is 0 Å². The molecular weight excluding hydrogens is 321 g/mol. The lowest BCUT2D eigenvalue weighted by molar-refractivity contribution is 0.212. The summed E-state index contributed by atoms with van der Waals surface area (Å²) in [5, 5.41) is 10.1. The van der Waals surface area contributed by atoms with E-state index in [-0.39, 0.29) is 5.56 Å². The Kier molecular flexibility index (Phi) is 3.96. The van der Waals surface area contributed by atoms with Crippen molar-refractivity contribution < 1.29 is 18.3 Å². The standard InChI is InChI=1S/C14H10BrF3O/c1-7-6-8(2-4-10(7)15)14(19)9-3-5-11(16)13(18)12(9)17/h2-6,14,19H,1H3. The number of hydrogen-bond acceptors (Lipinski definition) is 1. The topological polar surface area (TPSA) is 20.2 Å². The van der Waals surface area contributed by atoms with Gasteiger partial charge in [0.25, 0.3) is 0 Å². The van der Waals surface area contributed by atoms with Crippen LogP contribution in [-0.2, 0) is 0 Å². The zero-order valence-corrected chi connectivity index (χ0v) is 11.5. The molecule has 0 heterocycles. The second-order valence-corrected chi connectivity index (χ2v) is 5.03. The molecule has 0 spiro atoms. The fourth-order valence-electron chi connectivity index (χ4n) is 1.77. The number of aryl methyl sites for hydroxylation is 1. The number of aliphatic hydroxyl groups is 1.